The van der Waals surface area contributed by atoms with Crippen LogP contribution in [-0.2, 0) is 4.79 Å². The Morgan fingerprint density at radius 3 is 2.70 bits per heavy atom. The number of rotatable bonds is 3. The number of nitrogens with zero attached hydrogens (tertiary/aromatic N) is 1. The lowest BCUT2D eigenvalue weighted by Gasteiger charge is -2.37. The molecule has 1 fully saturated rings. The highest BCUT2D eigenvalue weighted by atomic mass is 16.4. The summed E-state index contributed by atoms with van der Waals surface area (Å²) >= 11 is 0. The summed E-state index contributed by atoms with van der Waals surface area (Å²) in [6.45, 7) is 2.54. The number of carboxylic acids is 1. The third-order valence-electron chi connectivity index (χ3n) is 1.72. The summed E-state index contributed by atoms with van der Waals surface area (Å²) in [7, 11) is 0. The molecule has 1 rings (SSSR count). The number of aliphatic carboxylic acids is 1. The number of hydrogen-bond acceptors (Lipinski definition) is 3. The molecule has 0 aromatic rings. The fraction of sp³-hybridized carbons (Fsp3) is 0.833. The van der Waals surface area contributed by atoms with Gasteiger partial charge in [0.05, 0.1) is 6.54 Å². The van der Waals surface area contributed by atoms with E-state index in [1.165, 1.54) is 0 Å². The molecule has 1 saturated heterocycles. The van der Waals surface area contributed by atoms with Gasteiger partial charge in [-0.05, 0) is 12.5 Å². The quantitative estimate of drug-likeness (QED) is 0.531. The maximum absolute atomic E-state index is 10.1. The van der Waals surface area contributed by atoms with Crippen LogP contribution in [0.2, 0.25) is 0 Å². The first kappa shape index (κ1) is 7.50. The van der Waals surface area contributed by atoms with Crippen LogP contribution in [0.25, 0.3) is 0 Å². The molecular weight excluding hydrogens is 132 g/mol. The van der Waals surface area contributed by atoms with Gasteiger partial charge in [0.25, 0.3) is 0 Å². The van der Waals surface area contributed by atoms with E-state index in [2.05, 4.69) is 0 Å². The van der Waals surface area contributed by atoms with Gasteiger partial charge in [0.2, 0.25) is 0 Å². The minimum absolute atomic E-state index is 0.163. The molecule has 1 heterocycles. The summed E-state index contributed by atoms with van der Waals surface area (Å²) in [4.78, 5) is 12.0. The molecule has 0 bridgehead atoms. The molecule has 0 atom stereocenters. The minimum atomic E-state index is -0.754. The molecule has 1 aliphatic rings. The molecule has 4 heteroatoms. The van der Waals surface area contributed by atoms with Gasteiger partial charge in [0, 0.05) is 13.1 Å². The standard InChI is InChI=1S/C6H12N2O2/c7-1-5-2-8(3-5)4-6(9)10/h5H,1-4,7H2,(H,9,10). The van der Waals surface area contributed by atoms with E-state index in [0.717, 1.165) is 13.1 Å². The zero-order chi connectivity index (χ0) is 7.56. The third-order valence-corrected chi connectivity index (χ3v) is 1.72. The Morgan fingerprint density at radius 1 is 1.70 bits per heavy atom. The van der Waals surface area contributed by atoms with Crippen LogP contribution in [0.5, 0.6) is 0 Å². The Labute approximate surface area is 59.6 Å². The number of carbonyl (C=O) groups is 1. The highest BCUT2D eigenvalue weighted by Gasteiger charge is 2.26. The molecule has 0 radical (unpaired) electrons. The first-order chi connectivity index (χ1) is 4.72. The van der Waals surface area contributed by atoms with Crippen molar-refractivity contribution in [1.29, 1.82) is 0 Å². The maximum Gasteiger partial charge on any atom is 0.317 e. The normalized spacial score (nSPS) is 20.5. The van der Waals surface area contributed by atoms with E-state index in [1.54, 1.807) is 0 Å². The van der Waals surface area contributed by atoms with E-state index >= 15 is 0 Å². The lowest BCUT2D eigenvalue weighted by Crippen LogP contribution is -2.51. The average molecular weight is 144 g/mol. The van der Waals surface area contributed by atoms with E-state index in [0.29, 0.717) is 12.5 Å². The van der Waals surface area contributed by atoms with Crippen molar-refractivity contribution >= 4 is 5.97 Å². The van der Waals surface area contributed by atoms with Crippen LogP contribution >= 0.6 is 0 Å². The van der Waals surface area contributed by atoms with Crippen molar-refractivity contribution in [3.63, 3.8) is 0 Å². The van der Waals surface area contributed by atoms with Crippen molar-refractivity contribution in [2.24, 2.45) is 11.7 Å². The van der Waals surface area contributed by atoms with Crippen LogP contribution in [0.4, 0.5) is 0 Å². The fourth-order valence-corrected chi connectivity index (χ4v) is 1.15. The van der Waals surface area contributed by atoms with Gasteiger partial charge in [-0.25, -0.2) is 0 Å². The molecule has 0 unspecified atom stereocenters. The van der Waals surface area contributed by atoms with Crippen LogP contribution in [-0.4, -0.2) is 42.2 Å². The van der Waals surface area contributed by atoms with Crippen LogP contribution in [0.1, 0.15) is 0 Å². The SMILES string of the molecule is NCC1CN(CC(=O)O)C1. The van der Waals surface area contributed by atoms with Gasteiger partial charge in [0.15, 0.2) is 0 Å². The van der Waals surface area contributed by atoms with Gasteiger partial charge in [-0.2, -0.15) is 0 Å². The van der Waals surface area contributed by atoms with Crippen LogP contribution in [0.15, 0.2) is 0 Å². The van der Waals surface area contributed by atoms with Gasteiger partial charge < -0.3 is 10.8 Å². The van der Waals surface area contributed by atoms with Gasteiger partial charge in [-0.1, -0.05) is 0 Å². The summed E-state index contributed by atoms with van der Waals surface area (Å²) in [5.41, 5.74) is 5.35. The van der Waals surface area contributed by atoms with Gasteiger partial charge >= 0.3 is 5.97 Å². The van der Waals surface area contributed by atoms with Crippen LogP contribution in [0, 0.1) is 5.92 Å². The number of hydrogen-bond donors (Lipinski definition) is 2. The molecule has 0 saturated carbocycles. The van der Waals surface area contributed by atoms with E-state index in [9.17, 15) is 4.79 Å². The Balaban J connectivity index is 2.08. The van der Waals surface area contributed by atoms with Crippen molar-refractivity contribution in [3.05, 3.63) is 0 Å². The molecule has 1 aliphatic heterocycles. The van der Waals surface area contributed by atoms with Crippen molar-refractivity contribution in [2.45, 2.75) is 0 Å². The smallest absolute Gasteiger partial charge is 0.317 e. The predicted molar refractivity (Wildman–Crippen MR) is 36.6 cm³/mol. The lowest BCUT2D eigenvalue weighted by molar-refractivity contribution is -0.139. The van der Waals surface area contributed by atoms with Gasteiger partial charge in [0.1, 0.15) is 0 Å². The number of carboxylic acid groups (broad SMARTS) is 1. The van der Waals surface area contributed by atoms with Crippen molar-refractivity contribution in [3.8, 4) is 0 Å². The zero-order valence-corrected chi connectivity index (χ0v) is 5.79. The number of likely N-dealkylation sites (tertiary alicyclic amines) is 1. The minimum Gasteiger partial charge on any atom is -0.480 e. The Kier molecular flexibility index (Phi) is 2.24. The molecule has 4 nitrogen and oxygen atoms in total. The topological polar surface area (TPSA) is 66.6 Å². The van der Waals surface area contributed by atoms with Gasteiger partial charge in [-0.15, -0.1) is 0 Å². The van der Waals surface area contributed by atoms with Crippen LogP contribution < -0.4 is 5.73 Å². The van der Waals surface area contributed by atoms with Gasteiger partial charge in [-0.3, -0.25) is 9.69 Å². The molecule has 0 aromatic heterocycles. The predicted octanol–water partition coefficient (Wildman–Crippen LogP) is -1.04. The molecule has 10 heavy (non-hydrogen) atoms. The maximum atomic E-state index is 10.1. The summed E-state index contributed by atoms with van der Waals surface area (Å²) in [5.74, 6) is -0.227. The monoisotopic (exact) mass is 144 g/mol. The number of nitrogens with two attached hydrogens (primary N) is 1. The van der Waals surface area contributed by atoms with Crippen LogP contribution in [0.3, 0.4) is 0 Å². The van der Waals surface area contributed by atoms with E-state index in [-0.39, 0.29) is 6.54 Å². The van der Waals surface area contributed by atoms with E-state index in [1.807, 2.05) is 4.90 Å². The molecule has 0 amide bonds. The first-order valence-corrected chi connectivity index (χ1v) is 3.36. The van der Waals surface area contributed by atoms with Crippen molar-refractivity contribution in [1.82, 2.24) is 4.90 Å². The largest absolute Gasteiger partial charge is 0.480 e. The summed E-state index contributed by atoms with van der Waals surface area (Å²) in [6, 6.07) is 0. The Bertz CT molecular complexity index is 132. The van der Waals surface area contributed by atoms with Crippen molar-refractivity contribution in [2.75, 3.05) is 26.2 Å². The summed E-state index contributed by atoms with van der Waals surface area (Å²) < 4.78 is 0. The second kappa shape index (κ2) is 2.98. The second-order valence-corrected chi connectivity index (χ2v) is 2.69. The zero-order valence-electron chi connectivity index (χ0n) is 5.79. The van der Waals surface area contributed by atoms with Crippen molar-refractivity contribution < 1.29 is 9.90 Å². The van der Waals surface area contributed by atoms with E-state index < -0.39 is 5.97 Å². The Hall–Kier alpha value is -0.610. The second-order valence-electron chi connectivity index (χ2n) is 2.69. The lowest BCUT2D eigenvalue weighted by atomic mass is 10.0. The molecule has 0 spiro atoms. The molecular formula is C6H12N2O2. The fourth-order valence-electron chi connectivity index (χ4n) is 1.15. The van der Waals surface area contributed by atoms with E-state index in [4.69, 9.17) is 10.8 Å². The molecule has 3 N–H and O–H groups in total. The Morgan fingerprint density at radius 2 is 2.30 bits per heavy atom. The third kappa shape index (κ3) is 1.68. The average Bonchev–Trinajstić information content (AvgIpc) is 1.76. The molecule has 58 valence electrons. The highest BCUT2D eigenvalue weighted by Crippen LogP contribution is 2.12. The first-order valence-electron chi connectivity index (χ1n) is 3.36. The summed E-state index contributed by atoms with van der Waals surface area (Å²) in [6.07, 6.45) is 0. The highest BCUT2D eigenvalue weighted by molar-refractivity contribution is 5.69. The summed E-state index contributed by atoms with van der Waals surface area (Å²) in [5, 5.41) is 8.33. The molecule has 0 aromatic carbocycles. The molecule has 0 aliphatic carbocycles.